The molecule has 0 aliphatic heterocycles. The highest BCUT2D eigenvalue weighted by Crippen LogP contribution is 2.22. The van der Waals surface area contributed by atoms with Gasteiger partial charge >= 0.3 is 5.97 Å². The fourth-order valence-electron chi connectivity index (χ4n) is 2.30. The Morgan fingerprint density at radius 3 is 2.68 bits per heavy atom. The van der Waals surface area contributed by atoms with Crippen molar-refractivity contribution in [3.05, 3.63) is 35.0 Å². The van der Waals surface area contributed by atoms with Gasteiger partial charge in [0.1, 0.15) is 0 Å². The topological polar surface area (TPSA) is 71.2 Å². The van der Waals surface area contributed by atoms with Crippen molar-refractivity contribution < 1.29 is 14.3 Å². The number of H-pyrrole nitrogens is 1. The van der Waals surface area contributed by atoms with E-state index in [2.05, 4.69) is 10.3 Å². The van der Waals surface area contributed by atoms with Gasteiger partial charge in [0.15, 0.2) is 0 Å². The third kappa shape index (κ3) is 3.67. The van der Waals surface area contributed by atoms with Crippen molar-refractivity contribution in [3.8, 4) is 0 Å². The molecule has 0 aliphatic carbocycles. The van der Waals surface area contributed by atoms with Gasteiger partial charge < -0.3 is 15.0 Å². The second-order valence-electron chi connectivity index (χ2n) is 5.68. The molecule has 1 amide bonds. The highest BCUT2D eigenvalue weighted by molar-refractivity contribution is 5.99. The molecule has 1 aromatic heterocycles. The number of esters is 1. The quantitative estimate of drug-likeness (QED) is 0.834. The normalized spacial score (nSPS) is 11.0. The predicted molar refractivity (Wildman–Crippen MR) is 86.0 cm³/mol. The van der Waals surface area contributed by atoms with Crippen LogP contribution in [0.3, 0.4) is 0 Å². The van der Waals surface area contributed by atoms with Gasteiger partial charge in [0.05, 0.1) is 12.5 Å². The molecule has 0 atom stereocenters. The number of nitrogens with one attached hydrogen (secondary N) is 2. The molecule has 2 aromatic rings. The lowest BCUT2D eigenvalue weighted by Gasteiger charge is -2.08. The molecule has 0 spiro atoms. The number of amides is 1. The SMILES string of the molecule is Cc1[nH]c2ccc(C(=O)NCCC(=O)OC(C)C)cc2c1C. The number of carbonyl (C=O) groups excluding carboxylic acids is 2. The summed E-state index contributed by atoms with van der Waals surface area (Å²) in [5, 5.41) is 3.79. The van der Waals surface area contributed by atoms with Crippen LogP contribution in [0.5, 0.6) is 0 Å². The zero-order valence-electron chi connectivity index (χ0n) is 13.4. The van der Waals surface area contributed by atoms with Crippen LogP contribution in [0.1, 0.15) is 41.9 Å². The number of ether oxygens (including phenoxy) is 1. The van der Waals surface area contributed by atoms with Gasteiger partial charge in [-0.25, -0.2) is 0 Å². The summed E-state index contributed by atoms with van der Waals surface area (Å²) in [6.45, 7) is 7.90. The van der Waals surface area contributed by atoms with Crippen LogP contribution in [0.2, 0.25) is 0 Å². The first-order chi connectivity index (χ1) is 10.4. The van der Waals surface area contributed by atoms with Crippen LogP contribution in [0.15, 0.2) is 18.2 Å². The molecule has 118 valence electrons. The molecule has 0 unspecified atom stereocenters. The third-order valence-electron chi connectivity index (χ3n) is 3.55. The molecule has 0 fully saturated rings. The minimum absolute atomic E-state index is 0.134. The van der Waals surface area contributed by atoms with E-state index in [1.54, 1.807) is 19.9 Å². The molecule has 0 saturated carbocycles. The average molecular weight is 302 g/mol. The molecule has 1 heterocycles. The van der Waals surface area contributed by atoms with Crippen molar-refractivity contribution in [1.29, 1.82) is 0 Å². The highest BCUT2D eigenvalue weighted by atomic mass is 16.5. The number of benzene rings is 1. The van der Waals surface area contributed by atoms with Crippen LogP contribution in [0.25, 0.3) is 10.9 Å². The van der Waals surface area contributed by atoms with Crippen molar-refractivity contribution in [3.63, 3.8) is 0 Å². The fourth-order valence-corrected chi connectivity index (χ4v) is 2.30. The molecular weight excluding hydrogens is 280 g/mol. The predicted octanol–water partition coefficient (Wildman–Crippen LogP) is 2.86. The Bertz CT molecular complexity index is 701. The fraction of sp³-hybridized carbons (Fsp3) is 0.412. The van der Waals surface area contributed by atoms with Gasteiger partial charge in [-0.15, -0.1) is 0 Å². The standard InChI is InChI=1S/C17H22N2O3/c1-10(2)22-16(20)7-8-18-17(21)13-5-6-15-14(9-13)11(3)12(4)19-15/h5-6,9-10,19H,7-8H2,1-4H3,(H,18,21). The molecule has 0 radical (unpaired) electrons. The minimum Gasteiger partial charge on any atom is -0.463 e. The largest absolute Gasteiger partial charge is 0.463 e. The van der Waals surface area contributed by atoms with Crippen molar-refractivity contribution in [1.82, 2.24) is 10.3 Å². The van der Waals surface area contributed by atoms with Gasteiger partial charge in [-0.05, 0) is 51.5 Å². The first kappa shape index (κ1) is 16.1. The number of aromatic nitrogens is 1. The van der Waals surface area contributed by atoms with E-state index >= 15 is 0 Å². The number of aryl methyl sites for hydroxylation is 2. The minimum atomic E-state index is -0.303. The first-order valence-electron chi connectivity index (χ1n) is 7.45. The Morgan fingerprint density at radius 2 is 2.00 bits per heavy atom. The lowest BCUT2D eigenvalue weighted by Crippen LogP contribution is -2.27. The molecule has 5 heteroatoms. The number of hydrogen-bond acceptors (Lipinski definition) is 3. The van der Waals surface area contributed by atoms with E-state index < -0.39 is 0 Å². The Balaban J connectivity index is 1.98. The summed E-state index contributed by atoms with van der Waals surface area (Å²) in [6.07, 6.45) is 0.0412. The van der Waals surface area contributed by atoms with Crippen LogP contribution in [-0.4, -0.2) is 29.5 Å². The molecule has 5 nitrogen and oxygen atoms in total. The lowest BCUT2D eigenvalue weighted by molar-refractivity contribution is -0.147. The maximum Gasteiger partial charge on any atom is 0.307 e. The smallest absolute Gasteiger partial charge is 0.307 e. The van der Waals surface area contributed by atoms with Crippen LogP contribution in [-0.2, 0) is 9.53 Å². The molecule has 0 saturated heterocycles. The summed E-state index contributed by atoms with van der Waals surface area (Å²) in [7, 11) is 0. The van der Waals surface area contributed by atoms with Crippen molar-refractivity contribution in [2.75, 3.05) is 6.54 Å². The Morgan fingerprint density at radius 1 is 1.27 bits per heavy atom. The number of rotatable bonds is 5. The van der Waals surface area contributed by atoms with Gasteiger partial charge in [0.25, 0.3) is 5.91 Å². The van der Waals surface area contributed by atoms with E-state index in [0.29, 0.717) is 5.56 Å². The van der Waals surface area contributed by atoms with E-state index in [0.717, 1.165) is 22.2 Å². The third-order valence-corrected chi connectivity index (χ3v) is 3.55. The molecule has 0 bridgehead atoms. The molecule has 1 aromatic carbocycles. The Kier molecular flexibility index (Phi) is 4.85. The number of fused-ring (bicyclic) bond motifs is 1. The average Bonchev–Trinajstić information content (AvgIpc) is 2.73. The summed E-state index contributed by atoms with van der Waals surface area (Å²) >= 11 is 0. The van der Waals surface area contributed by atoms with Gasteiger partial charge in [0, 0.05) is 28.7 Å². The molecule has 2 rings (SSSR count). The molecular formula is C17H22N2O3. The zero-order chi connectivity index (χ0) is 16.3. The maximum absolute atomic E-state index is 12.1. The molecule has 22 heavy (non-hydrogen) atoms. The summed E-state index contributed by atoms with van der Waals surface area (Å²) in [5.74, 6) is -0.486. The number of hydrogen-bond donors (Lipinski definition) is 2. The van der Waals surface area contributed by atoms with E-state index in [-0.39, 0.29) is 30.9 Å². The first-order valence-corrected chi connectivity index (χ1v) is 7.45. The van der Waals surface area contributed by atoms with Crippen molar-refractivity contribution in [2.24, 2.45) is 0 Å². The van der Waals surface area contributed by atoms with Gasteiger partial charge in [0.2, 0.25) is 0 Å². The summed E-state index contributed by atoms with van der Waals surface area (Å²) < 4.78 is 5.02. The lowest BCUT2D eigenvalue weighted by atomic mass is 10.1. The van der Waals surface area contributed by atoms with Crippen molar-refractivity contribution >= 4 is 22.8 Å². The van der Waals surface area contributed by atoms with E-state index in [9.17, 15) is 9.59 Å². The second-order valence-corrected chi connectivity index (χ2v) is 5.68. The zero-order valence-corrected chi connectivity index (χ0v) is 13.4. The Labute approximate surface area is 130 Å². The number of carbonyl (C=O) groups is 2. The van der Waals surface area contributed by atoms with E-state index in [4.69, 9.17) is 4.74 Å². The monoisotopic (exact) mass is 302 g/mol. The van der Waals surface area contributed by atoms with Gasteiger partial charge in [-0.2, -0.15) is 0 Å². The second kappa shape index (κ2) is 6.64. The summed E-state index contributed by atoms with van der Waals surface area (Å²) in [5.41, 5.74) is 3.85. The molecule has 0 aliphatic rings. The molecule has 2 N–H and O–H groups in total. The maximum atomic E-state index is 12.1. The highest BCUT2D eigenvalue weighted by Gasteiger charge is 2.11. The van der Waals surface area contributed by atoms with Crippen LogP contribution >= 0.6 is 0 Å². The van der Waals surface area contributed by atoms with Crippen LogP contribution < -0.4 is 5.32 Å². The van der Waals surface area contributed by atoms with Crippen LogP contribution in [0, 0.1) is 13.8 Å². The summed E-state index contributed by atoms with van der Waals surface area (Å²) in [4.78, 5) is 26.8. The van der Waals surface area contributed by atoms with Crippen LogP contribution in [0.4, 0.5) is 0 Å². The van der Waals surface area contributed by atoms with Gasteiger partial charge in [-0.3, -0.25) is 9.59 Å². The summed E-state index contributed by atoms with van der Waals surface area (Å²) in [6, 6.07) is 5.55. The number of aromatic amines is 1. The Hall–Kier alpha value is -2.30. The van der Waals surface area contributed by atoms with E-state index in [1.807, 2.05) is 26.0 Å². The van der Waals surface area contributed by atoms with Gasteiger partial charge in [-0.1, -0.05) is 0 Å². The van der Waals surface area contributed by atoms with Crippen molar-refractivity contribution in [2.45, 2.75) is 40.2 Å². The van der Waals surface area contributed by atoms with E-state index in [1.165, 1.54) is 0 Å².